The standard InChI is InChI=1S/C20H40O2.2C14H12S3.C8H16/c1-5-8-11-13-15-18(4)22-20(21)19(16-10-7-3)17-14-12-9-6-2;2*1-9-3-5-11(15-9)13-7-8-14(17-13)12-6-4-10(2)16-12;1-3-5-7-8-6-4-2/h18-19H,5-17H2,1-4H3;2*3-8H,1-2H3;3,5H,4,6-8H2,1-2H3/b;;;5-3+. The van der Waals surface area contributed by atoms with E-state index in [0.717, 1.165) is 32.1 Å². The van der Waals surface area contributed by atoms with Crippen LogP contribution in [-0.2, 0) is 9.53 Å². The minimum atomic E-state index is 0.0629. The first-order valence-electron chi connectivity index (χ1n) is 24.3. The van der Waals surface area contributed by atoms with E-state index < -0.39 is 0 Å². The summed E-state index contributed by atoms with van der Waals surface area (Å²) in [7, 11) is 0. The fourth-order valence-corrected chi connectivity index (χ4v) is 12.9. The van der Waals surface area contributed by atoms with Crippen molar-refractivity contribution in [2.45, 2.75) is 184 Å². The van der Waals surface area contributed by atoms with Gasteiger partial charge in [-0.25, -0.2) is 0 Å². The normalized spacial score (nSPS) is 11.9. The van der Waals surface area contributed by atoms with E-state index >= 15 is 0 Å². The van der Waals surface area contributed by atoms with E-state index in [-0.39, 0.29) is 18.0 Å². The maximum absolute atomic E-state index is 12.4. The Kier molecular flexibility index (Phi) is 28.7. The first kappa shape index (κ1) is 55.7. The number of aryl methyl sites for hydroxylation is 4. The number of esters is 1. The topological polar surface area (TPSA) is 26.3 Å². The Morgan fingerprint density at radius 2 is 0.781 bits per heavy atom. The molecule has 0 aliphatic carbocycles. The van der Waals surface area contributed by atoms with Crippen LogP contribution in [-0.4, -0.2) is 12.1 Å². The Morgan fingerprint density at radius 3 is 1.12 bits per heavy atom. The lowest BCUT2D eigenvalue weighted by molar-refractivity contribution is -0.154. The molecule has 352 valence electrons. The zero-order valence-corrected chi connectivity index (χ0v) is 45.9. The third-order valence-corrected chi connectivity index (χ3v) is 17.7. The van der Waals surface area contributed by atoms with Crippen LogP contribution in [0.15, 0.2) is 84.9 Å². The van der Waals surface area contributed by atoms with Gasteiger partial charge in [-0.3, -0.25) is 4.79 Å². The maximum atomic E-state index is 12.4. The first-order chi connectivity index (χ1) is 31.0. The van der Waals surface area contributed by atoms with E-state index in [9.17, 15) is 4.79 Å². The van der Waals surface area contributed by atoms with Crippen molar-refractivity contribution < 1.29 is 9.53 Å². The van der Waals surface area contributed by atoms with Gasteiger partial charge in [0.1, 0.15) is 0 Å². The van der Waals surface area contributed by atoms with Gasteiger partial charge in [-0.15, -0.1) is 68.0 Å². The van der Waals surface area contributed by atoms with Crippen LogP contribution in [0.25, 0.3) is 39.0 Å². The van der Waals surface area contributed by atoms with Crippen LogP contribution < -0.4 is 0 Å². The Balaban J connectivity index is 0.000000237. The second-order valence-corrected chi connectivity index (χ2v) is 24.1. The highest BCUT2D eigenvalue weighted by atomic mass is 32.1. The number of allylic oxidation sites excluding steroid dienone is 2. The van der Waals surface area contributed by atoms with E-state index in [2.05, 4.69) is 154 Å². The monoisotopic (exact) mass is 976 g/mol. The second-order valence-electron chi connectivity index (χ2n) is 16.8. The number of carbonyl (C=O) groups is 1. The van der Waals surface area contributed by atoms with E-state index in [0.29, 0.717) is 0 Å². The largest absolute Gasteiger partial charge is 0.462 e. The van der Waals surface area contributed by atoms with Gasteiger partial charge < -0.3 is 4.74 Å². The molecule has 8 heteroatoms. The minimum Gasteiger partial charge on any atom is -0.462 e. The van der Waals surface area contributed by atoms with Crippen molar-refractivity contribution >= 4 is 74.0 Å². The maximum Gasteiger partial charge on any atom is 0.309 e. The van der Waals surface area contributed by atoms with Gasteiger partial charge in [-0.05, 0) is 153 Å². The van der Waals surface area contributed by atoms with Gasteiger partial charge in [0.05, 0.1) is 12.0 Å². The molecular formula is C56H80O2S6. The van der Waals surface area contributed by atoms with Crippen LogP contribution in [0, 0.1) is 33.6 Å². The summed E-state index contributed by atoms with van der Waals surface area (Å²) in [5, 5.41) is 0. The SMILES string of the molecule is C/C=C/CCCCC.CCCCCCC(C)OC(=O)C(CCCC)CCCCCC.Cc1ccc(-c2ccc(-c3ccc(C)s3)s2)s1.Cc1ccc(-c2ccc(-c3ccc(C)s3)s2)s1. The predicted molar refractivity (Wildman–Crippen MR) is 296 cm³/mol. The first-order valence-corrected chi connectivity index (χ1v) is 29.2. The van der Waals surface area contributed by atoms with Crippen molar-refractivity contribution in [3.05, 3.63) is 104 Å². The summed E-state index contributed by atoms with van der Waals surface area (Å²) < 4.78 is 5.71. The Hall–Kier alpha value is -2.59. The lowest BCUT2D eigenvalue weighted by Crippen LogP contribution is -2.23. The lowest BCUT2D eigenvalue weighted by Gasteiger charge is -2.19. The highest BCUT2D eigenvalue weighted by molar-refractivity contribution is 7.27. The number of rotatable bonds is 23. The number of ether oxygens (including phenoxy) is 1. The van der Waals surface area contributed by atoms with Crippen molar-refractivity contribution in [3.63, 3.8) is 0 Å². The van der Waals surface area contributed by atoms with Gasteiger partial charge in [0.2, 0.25) is 0 Å². The van der Waals surface area contributed by atoms with Crippen LogP contribution in [0.4, 0.5) is 0 Å². The van der Waals surface area contributed by atoms with Crippen LogP contribution in [0.2, 0.25) is 0 Å². The summed E-state index contributed by atoms with van der Waals surface area (Å²) in [5.41, 5.74) is 0. The molecular weight excluding hydrogens is 897 g/mol. The number of thiophene rings is 6. The molecule has 0 bridgehead atoms. The highest BCUT2D eigenvalue weighted by Gasteiger charge is 2.21. The smallest absolute Gasteiger partial charge is 0.309 e. The number of hydrogen-bond acceptors (Lipinski definition) is 8. The fraction of sp³-hybridized carbons (Fsp3) is 0.518. The van der Waals surface area contributed by atoms with Gasteiger partial charge >= 0.3 is 5.97 Å². The molecule has 2 atom stereocenters. The van der Waals surface area contributed by atoms with Gasteiger partial charge in [-0.1, -0.05) is 110 Å². The fourth-order valence-electron chi connectivity index (χ4n) is 7.01. The molecule has 0 saturated carbocycles. The van der Waals surface area contributed by atoms with Crippen molar-refractivity contribution in [1.82, 2.24) is 0 Å². The van der Waals surface area contributed by atoms with Gasteiger partial charge in [0, 0.05) is 58.5 Å². The third kappa shape index (κ3) is 21.8. The summed E-state index contributed by atoms with van der Waals surface area (Å²) >= 11 is 11.2. The second kappa shape index (κ2) is 33.0. The van der Waals surface area contributed by atoms with Crippen molar-refractivity contribution in [2.75, 3.05) is 0 Å². The molecule has 6 aromatic heterocycles. The van der Waals surface area contributed by atoms with Gasteiger partial charge in [0.25, 0.3) is 0 Å². The Morgan fingerprint density at radius 1 is 0.453 bits per heavy atom. The number of carbonyl (C=O) groups excluding carboxylic acids is 1. The molecule has 2 nitrogen and oxygen atoms in total. The molecule has 0 radical (unpaired) electrons. The average molecular weight is 978 g/mol. The molecule has 0 spiro atoms. The summed E-state index contributed by atoms with van der Waals surface area (Å²) in [4.78, 5) is 28.9. The molecule has 0 aliphatic heterocycles. The van der Waals surface area contributed by atoms with Crippen molar-refractivity contribution in [3.8, 4) is 39.0 Å². The van der Waals surface area contributed by atoms with E-state index in [1.807, 2.05) is 68.0 Å². The highest BCUT2D eigenvalue weighted by Crippen LogP contribution is 2.41. The van der Waals surface area contributed by atoms with Crippen LogP contribution in [0.3, 0.4) is 0 Å². The van der Waals surface area contributed by atoms with Crippen LogP contribution in [0.5, 0.6) is 0 Å². The molecule has 2 unspecified atom stereocenters. The molecule has 0 saturated heterocycles. The van der Waals surface area contributed by atoms with Crippen molar-refractivity contribution in [2.24, 2.45) is 5.92 Å². The van der Waals surface area contributed by atoms with E-state index in [4.69, 9.17) is 4.74 Å². The minimum absolute atomic E-state index is 0.0629. The van der Waals surface area contributed by atoms with E-state index in [1.165, 1.54) is 136 Å². The lowest BCUT2D eigenvalue weighted by atomic mass is 9.95. The number of unbranched alkanes of at least 4 members (excludes halogenated alkanes) is 10. The summed E-state index contributed by atoms with van der Waals surface area (Å²) in [6.45, 7) is 21.6. The Labute approximate surface area is 414 Å². The molecule has 64 heavy (non-hydrogen) atoms. The Bertz CT molecular complexity index is 1890. The molecule has 0 aromatic carbocycles. The van der Waals surface area contributed by atoms with Gasteiger partial charge in [0.15, 0.2) is 0 Å². The third-order valence-electron chi connectivity index (χ3n) is 10.8. The van der Waals surface area contributed by atoms with Gasteiger partial charge in [-0.2, -0.15) is 0 Å². The molecule has 0 amide bonds. The quantitative estimate of drug-likeness (QED) is 0.0363. The molecule has 0 fully saturated rings. The van der Waals surface area contributed by atoms with Crippen LogP contribution in [0.1, 0.15) is 170 Å². The summed E-state index contributed by atoms with van der Waals surface area (Å²) in [5.74, 6) is 0.197. The van der Waals surface area contributed by atoms with Crippen molar-refractivity contribution in [1.29, 1.82) is 0 Å². The molecule has 6 rings (SSSR count). The summed E-state index contributed by atoms with van der Waals surface area (Å²) in [6.07, 6.45) is 25.0. The molecule has 6 aromatic rings. The molecule has 6 heterocycles. The van der Waals surface area contributed by atoms with E-state index in [1.54, 1.807) is 0 Å². The molecule has 0 aliphatic rings. The molecule has 0 N–H and O–H groups in total. The number of hydrogen-bond donors (Lipinski definition) is 0. The zero-order chi connectivity index (χ0) is 46.5. The van der Waals surface area contributed by atoms with Crippen LogP contribution >= 0.6 is 68.0 Å². The summed E-state index contributed by atoms with van der Waals surface area (Å²) in [6, 6.07) is 26.6. The average Bonchev–Trinajstić information content (AvgIpc) is 4.15. The zero-order valence-electron chi connectivity index (χ0n) is 41.0. The predicted octanol–water partition coefficient (Wildman–Crippen LogP) is 21.5.